The average molecular weight is 753 g/mol. The summed E-state index contributed by atoms with van der Waals surface area (Å²) < 4.78 is 33.8. The Morgan fingerprint density at radius 1 is 0.926 bits per heavy atom. The molecule has 0 unspecified atom stereocenters. The monoisotopic (exact) mass is 752 g/mol. The topological polar surface area (TPSA) is 139 Å². The zero-order valence-corrected chi connectivity index (χ0v) is 33.4. The molecule has 3 atom stereocenters. The lowest BCUT2D eigenvalue weighted by atomic mass is 9.80. The number of carbonyl (C=O) groups is 1. The number of anilines is 1. The Morgan fingerprint density at radius 3 is 2.04 bits per heavy atom. The number of amides is 1. The molecule has 0 bridgehead atoms. The molecule has 6 rings (SSSR count). The first-order valence-corrected chi connectivity index (χ1v) is 21.0. The summed E-state index contributed by atoms with van der Waals surface area (Å²) in [5, 5.41) is 2.60. The third-order valence-electron chi connectivity index (χ3n) is 10.3. The number of aromatic amines is 1. The van der Waals surface area contributed by atoms with E-state index in [4.69, 9.17) is 23.4 Å². The fraction of sp³-hybridized carbons (Fsp3) is 0.390. The number of nitrogens with zero attached hydrogens (tertiary/aromatic N) is 3. The lowest BCUT2D eigenvalue weighted by molar-refractivity contribution is -0.118. The number of carbonyl (C=O) groups excluding carboxylic acids is 1. The molecule has 1 amide bonds. The van der Waals surface area contributed by atoms with Gasteiger partial charge in [-0.05, 0) is 59.1 Å². The number of nitrogens with one attached hydrogen (secondary N) is 2. The molecule has 54 heavy (non-hydrogen) atoms. The van der Waals surface area contributed by atoms with E-state index in [9.17, 15) is 9.59 Å². The second-order valence-electron chi connectivity index (χ2n) is 15.3. The highest BCUT2D eigenvalue weighted by atomic mass is 28.4. The average Bonchev–Trinajstić information content (AvgIpc) is 3.75. The van der Waals surface area contributed by atoms with E-state index in [2.05, 4.69) is 66.3 Å². The van der Waals surface area contributed by atoms with Gasteiger partial charge in [-0.25, -0.2) is 4.98 Å². The minimum Gasteiger partial charge on any atom is -0.497 e. The van der Waals surface area contributed by atoms with Crippen molar-refractivity contribution >= 4 is 31.3 Å². The van der Waals surface area contributed by atoms with Crippen LogP contribution >= 0.6 is 0 Å². The summed E-state index contributed by atoms with van der Waals surface area (Å²) in [5.41, 5.74) is 1.54. The van der Waals surface area contributed by atoms with Crippen molar-refractivity contribution in [3.8, 4) is 11.5 Å². The van der Waals surface area contributed by atoms with Crippen LogP contribution in [0.5, 0.6) is 11.5 Å². The molecule has 1 aliphatic heterocycles. The van der Waals surface area contributed by atoms with E-state index in [0.717, 1.165) is 28.2 Å². The number of benzene rings is 3. The SMILES string of the molecule is COc1ccc(C(OC[C@H]2[CH][C@@H](O[Si](C)(C)C(C)(C)C)[C@H](n3cnc4c(=O)[nH]c(NC(=O)C(C)C)nc43)O2)(c2ccccc2)c2ccc(OC)cc2)cc1. The zero-order chi connectivity index (χ0) is 38.8. The van der Waals surface area contributed by atoms with Crippen molar-refractivity contribution in [2.24, 2.45) is 5.92 Å². The molecule has 0 saturated carbocycles. The Hall–Kier alpha value is -4.82. The molecule has 0 spiro atoms. The molecule has 1 aliphatic rings. The van der Waals surface area contributed by atoms with Crippen LogP contribution in [0.4, 0.5) is 5.95 Å². The molecule has 2 N–H and O–H groups in total. The van der Waals surface area contributed by atoms with Crippen LogP contribution in [0.2, 0.25) is 18.1 Å². The van der Waals surface area contributed by atoms with Crippen molar-refractivity contribution in [1.82, 2.24) is 19.5 Å². The summed E-state index contributed by atoms with van der Waals surface area (Å²) in [6.07, 6.45) is 1.73. The van der Waals surface area contributed by atoms with Gasteiger partial charge in [0, 0.05) is 12.3 Å². The minimum absolute atomic E-state index is 0.0308. The number of aromatic nitrogens is 4. The van der Waals surface area contributed by atoms with Gasteiger partial charge >= 0.3 is 0 Å². The molecule has 12 nitrogen and oxygen atoms in total. The minimum atomic E-state index is -2.37. The first kappa shape index (κ1) is 38.9. The van der Waals surface area contributed by atoms with Crippen molar-refractivity contribution in [2.75, 3.05) is 26.1 Å². The lowest BCUT2D eigenvalue weighted by Crippen LogP contribution is -2.45. The predicted molar refractivity (Wildman–Crippen MR) is 210 cm³/mol. The first-order valence-electron chi connectivity index (χ1n) is 18.1. The second kappa shape index (κ2) is 15.5. The molecule has 1 saturated heterocycles. The largest absolute Gasteiger partial charge is 0.497 e. The summed E-state index contributed by atoms with van der Waals surface area (Å²) in [6, 6.07) is 25.8. The van der Waals surface area contributed by atoms with Crippen molar-refractivity contribution in [3.05, 3.63) is 119 Å². The van der Waals surface area contributed by atoms with Crippen molar-refractivity contribution in [1.29, 1.82) is 0 Å². The Bertz CT molecular complexity index is 2060. The lowest BCUT2D eigenvalue weighted by Gasteiger charge is -2.39. The van der Waals surface area contributed by atoms with E-state index in [1.807, 2.05) is 73.2 Å². The molecule has 285 valence electrons. The van der Waals surface area contributed by atoms with E-state index in [1.165, 1.54) is 6.33 Å². The number of ether oxygens (including phenoxy) is 4. The number of methoxy groups -OCH3 is 2. The van der Waals surface area contributed by atoms with Gasteiger partial charge in [-0.1, -0.05) is 89.2 Å². The van der Waals surface area contributed by atoms with E-state index >= 15 is 0 Å². The van der Waals surface area contributed by atoms with Crippen LogP contribution in [0.25, 0.3) is 11.2 Å². The molecule has 5 aromatic rings. The van der Waals surface area contributed by atoms with Crippen molar-refractivity contribution in [2.45, 2.75) is 76.8 Å². The maximum Gasteiger partial charge on any atom is 0.280 e. The number of H-pyrrole nitrogens is 1. The molecular weight excluding hydrogens is 703 g/mol. The molecule has 0 aliphatic carbocycles. The van der Waals surface area contributed by atoms with E-state index in [0.29, 0.717) is 0 Å². The molecule has 3 heterocycles. The fourth-order valence-corrected chi connectivity index (χ4v) is 7.48. The fourth-order valence-electron chi connectivity index (χ4n) is 6.26. The van der Waals surface area contributed by atoms with Gasteiger partial charge in [-0.15, -0.1) is 0 Å². The van der Waals surface area contributed by atoms with Gasteiger partial charge in [0.1, 0.15) is 17.1 Å². The van der Waals surface area contributed by atoms with Gasteiger partial charge in [0.05, 0.1) is 39.4 Å². The third kappa shape index (κ3) is 7.72. The zero-order valence-electron chi connectivity index (χ0n) is 32.4. The Balaban J connectivity index is 1.41. The number of fused-ring (bicyclic) bond motifs is 1. The third-order valence-corrected chi connectivity index (χ3v) is 14.8. The second-order valence-corrected chi connectivity index (χ2v) is 20.1. The van der Waals surface area contributed by atoms with Crippen LogP contribution < -0.4 is 20.3 Å². The summed E-state index contributed by atoms with van der Waals surface area (Å²) in [4.78, 5) is 37.4. The predicted octanol–water partition coefficient (Wildman–Crippen LogP) is 7.23. The molecule has 2 aromatic heterocycles. The van der Waals surface area contributed by atoms with Crippen LogP contribution in [0.1, 0.15) is 57.5 Å². The van der Waals surface area contributed by atoms with E-state index < -0.39 is 37.9 Å². The summed E-state index contributed by atoms with van der Waals surface area (Å²) >= 11 is 0. The first-order chi connectivity index (χ1) is 25.7. The van der Waals surface area contributed by atoms with Gasteiger partial charge < -0.3 is 23.4 Å². The molecule has 13 heteroatoms. The Labute approximate surface area is 317 Å². The smallest absolute Gasteiger partial charge is 0.280 e. The maximum absolute atomic E-state index is 13.2. The van der Waals surface area contributed by atoms with E-state index in [-0.39, 0.29) is 40.6 Å². The highest BCUT2D eigenvalue weighted by Crippen LogP contribution is 2.45. The van der Waals surface area contributed by atoms with E-state index in [1.54, 1.807) is 32.6 Å². The summed E-state index contributed by atoms with van der Waals surface area (Å²) in [6.45, 7) is 14.6. The standard InChI is InChI=1S/C41H50N5O7Si/c1-26(2)36(47)44-39-43-35-34(37(48)45-39)42-25-46(35)38-33(53-54(8,9)40(3,4)5)23-32(52-38)24-51-41(27-13-11-10-12-14-27,28-15-19-30(49-6)20-16-28)29-17-21-31(50-7)22-18-29/h10-23,25-26,32-33,38H,24H2,1-9H3,(H2,43,44,45,47,48)/t32-,33-,38-/m1/s1. The number of rotatable bonds is 13. The molecule has 1 fully saturated rings. The Morgan fingerprint density at radius 2 is 1.50 bits per heavy atom. The number of imidazole rings is 1. The van der Waals surface area contributed by atoms with Gasteiger partial charge in [0.2, 0.25) is 11.9 Å². The Kier molecular flexibility index (Phi) is 11.2. The van der Waals surface area contributed by atoms with Gasteiger partial charge in [0.15, 0.2) is 25.7 Å². The molecule has 1 radical (unpaired) electrons. The summed E-state index contributed by atoms with van der Waals surface area (Å²) in [5.74, 6) is 0.890. The summed E-state index contributed by atoms with van der Waals surface area (Å²) in [7, 11) is 0.916. The quantitative estimate of drug-likeness (QED) is 0.0942. The van der Waals surface area contributed by atoms with Gasteiger partial charge in [0.25, 0.3) is 5.56 Å². The van der Waals surface area contributed by atoms with Crippen molar-refractivity contribution in [3.63, 3.8) is 0 Å². The van der Waals surface area contributed by atoms with Crippen LogP contribution in [0.3, 0.4) is 0 Å². The van der Waals surface area contributed by atoms with Gasteiger partial charge in [-0.2, -0.15) is 4.98 Å². The number of hydrogen-bond acceptors (Lipinski definition) is 9. The van der Waals surface area contributed by atoms with Crippen LogP contribution in [0.15, 0.2) is 90.0 Å². The highest BCUT2D eigenvalue weighted by Gasteiger charge is 2.47. The van der Waals surface area contributed by atoms with Crippen LogP contribution in [-0.4, -0.2) is 66.8 Å². The van der Waals surface area contributed by atoms with Crippen LogP contribution in [-0.2, 0) is 24.3 Å². The maximum atomic E-state index is 13.2. The van der Waals surface area contributed by atoms with Crippen LogP contribution in [0, 0.1) is 12.3 Å². The molecular formula is C41H50N5O7Si. The highest BCUT2D eigenvalue weighted by molar-refractivity contribution is 6.74. The number of hydrogen-bond donors (Lipinski definition) is 2. The normalized spacial score (nSPS) is 17.9. The van der Waals surface area contributed by atoms with Gasteiger partial charge in [-0.3, -0.25) is 24.5 Å². The van der Waals surface area contributed by atoms with Crippen molar-refractivity contribution < 1.29 is 28.2 Å². The molecule has 3 aromatic carbocycles.